The minimum Gasteiger partial charge on any atom is -0.467 e. The van der Waals surface area contributed by atoms with Gasteiger partial charge in [0.1, 0.15) is 11.6 Å². The smallest absolute Gasteiger partial charge is 0.345 e. The van der Waals surface area contributed by atoms with Gasteiger partial charge in [0.15, 0.2) is 6.61 Å². The first kappa shape index (κ1) is 20.1. The van der Waals surface area contributed by atoms with E-state index in [0.717, 1.165) is 6.07 Å². The summed E-state index contributed by atoms with van der Waals surface area (Å²) in [4.78, 5) is 45.7. The van der Waals surface area contributed by atoms with Gasteiger partial charge in [-0.2, -0.15) is 0 Å². The van der Waals surface area contributed by atoms with Crippen molar-refractivity contribution in [2.75, 3.05) is 13.7 Å². The second kappa shape index (κ2) is 9.36. The molecule has 0 saturated heterocycles. The van der Waals surface area contributed by atoms with Crippen molar-refractivity contribution < 1.29 is 28.8 Å². The predicted molar refractivity (Wildman–Crippen MR) is 86.8 cm³/mol. The molecule has 1 rings (SSSR count). The number of nitrogens with one attached hydrogen (secondary N) is 1. The van der Waals surface area contributed by atoms with E-state index in [9.17, 15) is 24.5 Å². The minimum absolute atomic E-state index is 0.178. The fourth-order valence-electron chi connectivity index (χ4n) is 2.03. The Morgan fingerprint density at radius 3 is 2.48 bits per heavy atom. The number of hydrogen-bond donors (Lipinski definition) is 1. The molecular formula is C16H20N2O7. The Labute approximate surface area is 144 Å². The van der Waals surface area contributed by atoms with E-state index in [1.54, 1.807) is 6.92 Å². The van der Waals surface area contributed by atoms with Crippen LogP contribution in [0.1, 0.15) is 30.6 Å². The van der Waals surface area contributed by atoms with Gasteiger partial charge in [-0.1, -0.05) is 32.4 Å². The van der Waals surface area contributed by atoms with Crippen LogP contribution in [0.25, 0.3) is 0 Å². The summed E-state index contributed by atoms with van der Waals surface area (Å²) in [7, 11) is 1.21. The number of nitro groups is 1. The van der Waals surface area contributed by atoms with Crippen molar-refractivity contribution in [1.29, 1.82) is 0 Å². The maximum atomic E-state index is 11.9. The lowest BCUT2D eigenvalue weighted by atomic mass is 9.99. The molecule has 9 nitrogen and oxygen atoms in total. The van der Waals surface area contributed by atoms with Crippen LogP contribution < -0.4 is 5.32 Å². The van der Waals surface area contributed by atoms with Gasteiger partial charge in [-0.3, -0.25) is 14.9 Å². The van der Waals surface area contributed by atoms with Crippen molar-refractivity contribution >= 4 is 23.5 Å². The van der Waals surface area contributed by atoms with Gasteiger partial charge >= 0.3 is 11.9 Å². The van der Waals surface area contributed by atoms with Crippen molar-refractivity contribution in [2.45, 2.75) is 26.3 Å². The van der Waals surface area contributed by atoms with Crippen molar-refractivity contribution in [3.05, 3.63) is 39.9 Å². The topological polar surface area (TPSA) is 125 Å². The van der Waals surface area contributed by atoms with Crippen LogP contribution >= 0.6 is 0 Å². The molecule has 0 heterocycles. The minimum atomic E-state index is -0.999. The van der Waals surface area contributed by atoms with E-state index in [2.05, 4.69) is 10.1 Å². The largest absolute Gasteiger partial charge is 0.467 e. The van der Waals surface area contributed by atoms with E-state index < -0.39 is 41.1 Å². The quantitative estimate of drug-likeness (QED) is 0.426. The highest BCUT2D eigenvalue weighted by molar-refractivity contribution is 5.95. The summed E-state index contributed by atoms with van der Waals surface area (Å²) in [6.07, 6.45) is 0.621. The summed E-state index contributed by atoms with van der Waals surface area (Å²) in [5.74, 6) is -2.49. The third-order valence-corrected chi connectivity index (χ3v) is 3.64. The van der Waals surface area contributed by atoms with Crippen LogP contribution in [0.5, 0.6) is 0 Å². The Balaban J connectivity index is 2.71. The molecule has 0 bridgehead atoms. The van der Waals surface area contributed by atoms with E-state index in [1.807, 2.05) is 6.92 Å². The van der Waals surface area contributed by atoms with Crippen LogP contribution in [0.3, 0.4) is 0 Å². The average Bonchev–Trinajstić information content (AvgIpc) is 2.62. The fraction of sp³-hybridized carbons (Fsp3) is 0.438. The number of nitro benzene ring substituents is 1. The van der Waals surface area contributed by atoms with Crippen LogP contribution in [0.2, 0.25) is 0 Å². The molecule has 0 aliphatic rings. The second-order valence-electron chi connectivity index (χ2n) is 5.30. The lowest BCUT2D eigenvalue weighted by Crippen LogP contribution is -2.47. The third kappa shape index (κ3) is 5.55. The molecule has 2 atom stereocenters. The van der Waals surface area contributed by atoms with E-state index >= 15 is 0 Å². The summed E-state index contributed by atoms with van der Waals surface area (Å²) in [5, 5.41) is 13.3. The van der Waals surface area contributed by atoms with Crippen LogP contribution in [0.15, 0.2) is 24.3 Å². The highest BCUT2D eigenvalue weighted by Gasteiger charge is 2.27. The number of benzene rings is 1. The molecular weight excluding hydrogens is 332 g/mol. The highest BCUT2D eigenvalue weighted by Crippen LogP contribution is 2.18. The monoisotopic (exact) mass is 352 g/mol. The van der Waals surface area contributed by atoms with Gasteiger partial charge in [0.05, 0.1) is 12.0 Å². The number of esters is 2. The molecule has 0 radical (unpaired) electrons. The Bertz CT molecular complexity index is 660. The third-order valence-electron chi connectivity index (χ3n) is 3.64. The highest BCUT2D eigenvalue weighted by atomic mass is 16.6. The maximum absolute atomic E-state index is 11.9. The van der Waals surface area contributed by atoms with Crippen LogP contribution in [0, 0.1) is 16.0 Å². The molecule has 0 aliphatic heterocycles. The summed E-state index contributed by atoms with van der Waals surface area (Å²) >= 11 is 0. The predicted octanol–water partition coefficient (Wildman–Crippen LogP) is 1.46. The molecule has 136 valence electrons. The zero-order chi connectivity index (χ0) is 19.0. The summed E-state index contributed by atoms with van der Waals surface area (Å²) in [6.45, 7) is 2.94. The number of nitrogens with zero attached hydrogens (tertiary/aromatic N) is 1. The SMILES string of the molecule is CC[C@@H](C)[C@H](NC(=O)COC(=O)c1ccccc1[N+](=O)[O-])C(=O)OC. The molecule has 1 amide bonds. The molecule has 1 N–H and O–H groups in total. The zero-order valence-electron chi connectivity index (χ0n) is 14.2. The molecule has 0 aromatic heterocycles. The molecule has 9 heteroatoms. The molecule has 1 aromatic carbocycles. The number of amides is 1. The number of rotatable bonds is 8. The van der Waals surface area contributed by atoms with Crippen molar-refractivity contribution in [1.82, 2.24) is 5.32 Å². The Kier molecular flexibility index (Phi) is 7.51. The molecule has 25 heavy (non-hydrogen) atoms. The van der Waals surface area contributed by atoms with Gasteiger partial charge in [-0.15, -0.1) is 0 Å². The number of methoxy groups -OCH3 is 1. The van der Waals surface area contributed by atoms with Crippen LogP contribution in [0.4, 0.5) is 5.69 Å². The van der Waals surface area contributed by atoms with Gasteiger partial charge in [-0.05, 0) is 12.0 Å². The zero-order valence-corrected chi connectivity index (χ0v) is 14.2. The summed E-state index contributed by atoms with van der Waals surface area (Å²) in [5.41, 5.74) is -0.674. The van der Waals surface area contributed by atoms with Gasteiger partial charge in [0.25, 0.3) is 11.6 Å². The van der Waals surface area contributed by atoms with Crippen molar-refractivity contribution in [3.63, 3.8) is 0 Å². The number of ether oxygens (including phenoxy) is 2. The summed E-state index contributed by atoms with van der Waals surface area (Å²) in [6, 6.07) is 4.38. The average molecular weight is 352 g/mol. The lowest BCUT2D eigenvalue weighted by molar-refractivity contribution is -0.385. The van der Waals surface area contributed by atoms with Gasteiger partial charge in [0, 0.05) is 6.07 Å². The van der Waals surface area contributed by atoms with E-state index in [4.69, 9.17) is 4.74 Å². The molecule has 0 aliphatic carbocycles. The van der Waals surface area contributed by atoms with Gasteiger partial charge in [-0.25, -0.2) is 9.59 Å². The Morgan fingerprint density at radius 1 is 1.28 bits per heavy atom. The maximum Gasteiger partial charge on any atom is 0.345 e. The normalized spacial score (nSPS) is 12.6. The van der Waals surface area contributed by atoms with Crippen molar-refractivity contribution in [2.24, 2.45) is 5.92 Å². The van der Waals surface area contributed by atoms with Gasteiger partial charge < -0.3 is 14.8 Å². The number of para-hydroxylation sites is 1. The standard InChI is InChI=1S/C16H20N2O7/c1-4-10(2)14(16(21)24-3)17-13(19)9-25-15(20)11-7-5-6-8-12(11)18(22)23/h5-8,10,14H,4,9H2,1-3H3,(H,17,19)/t10-,14+/m1/s1. The van der Waals surface area contributed by atoms with Crippen LogP contribution in [-0.4, -0.2) is 42.5 Å². The first-order valence-electron chi connectivity index (χ1n) is 7.59. The van der Waals surface area contributed by atoms with E-state index in [0.29, 0.717) is 6.42 Å². The Morgan fingerprint density at radius 2 is 1.92 bits per heavy atom. The summed E-state index contributed by atoms with van der Waals surface area (Å²) < 4.78 is 9.44. The Hall–Kier alpha value is -2.97. The lowest BCUT2D eigenvalue weighted by Gasteiger charge is -2.21. The second-order valence-corrected chi connectivity index (χ2v) is 5.30. The molecule has 0 saturated carbocycles. The van der Waals surface area contributed by atoms with E-state index in [-0.39, 0.29) is 11.5 Å². The molecule has 0 unspecified atom stereocenters. The van der Waals surface area contributed by atoms with Gasteiger partial charge in [0.2, 0.25) is 0 Å². The first-order chi connectivity index (χ1) is 11.8. The number of hydrogen-bond acceptors (Lipinski definition) is 7. The van der Waals surface area contributed by atoms with Crippen LogP contribution in [-0.2, 0) is 19.1 Å². The van der Waals surface area contributed by atoms with Crippen molar-refractivity contribution in [3.8, 4) is 0 Å². The fourth-order valence-corrected chi connectivity index (χ4v) is 2.03. The van der Waals surface area contributed by atoms with E-state index in [1.165, 1.54) is 25.3 Å². The first-order valence-corrected chi connectivity index (χ1v) is 7.59. The molecule has 1 aromatic rings. The number of carbonyl (C=O) groups excluding carboxylic acids is 3. The molecule has 0 spiro atoms. The molecule has 0 fully saturated rings. The number of carbonyl (C=O) groups is 3.